The molecule has 0 bridgehead atoms. The Morgan fingerprint density at radius 1 is 1.24 bits per heavy atom. The van der Waals surface area contributed by atoms with E-state index in [4.69, 9.17) is 22.1 Å². The molecule has 1 fully saturated rings. The molecule has 150 valence electrons. The smallest absolute Gasteiger partial charge is 0.303 e. The average molecular weight is 428 g/mol. The van der Waals surface area contributed by atoms with Crippen molar-refractivity contribution in [3.8, 4) is 5.75 Å². The summed E-state index contributed by atoms with van der Waals surface area (Å²) in [5.74, 6) is -0.346. The minimum absolute atomic E-state index is 0.0104. The molecule has 2 aromatic carbocycles. The molecule has 1 aliphatic rings. The number of thiocarbonyl (C=S) groups is 1. The van der Waals surface area contributed by atoms with E-state index in [1.54, 1.807) is 6.08 Å². The predicted octanol–water partition coefficient (Wildman–Crippen LogP) is 4.64. The van der Waals surface area contributed by atoms with Gasteiger partial charge in [-0.15, -0.1) is 0 Å². The number of carboxylic acid groups (broad SMARTS) is 1. The van der Waals surface area contributed by atoms with Gasteiger partial charge in [0.05, 0.1) is 4.91 Å². The zero-order chi connectivity index (χ0) is 20.8. The van der Waals surface area contributed by atoms with Crippen molar-refractivity contribution in [2.45, 2.75) is 26.4 Å². The first-order valence-electron chi connectivity index (χ1n) is 9.18. The summed E-state index contributed by atoms with van der Waals surface area (Å²) >= 11 is 6.51. The maximum absolute atomic E-state index is 12.6. The number of amides is 1. The molecule has 2 aromatic rings. The third kappa shape index (κ3) is 5.92. The molecule has 0 spiro atoms. The van der Waals surface area contributed by atoms with Gasteiger partial charge >= 0.3 is 5.97 Å². The predicted molar refractivity (Wildman–Crippen MR) is 119 cm³/mol. The van der Waals surface area contributed by atoms with Gasteiger partial charge in [0.2, 0.25) is 0 Å². The van der Waals surface area contributed by atoms with E-state index in [2.05, 4.69) is 0 Å². The Bertz CT molecular complexity index is 954. The Labute approximate surface area is 179 Å². The van der Waals surface area contributed by atoms with Crippen molar-refractivity contribution in [3.63, 3.8) is 0 Å². The van der Waals surface area contributed by atoms with Crippen molar-refractivity contribution in [3.05, 3.63) is 70.1 Å². The van der Waals surface area contributed by atoms with Crippen LogP contribution in [0.15, 0.2) is 53.4 Å². The molecule has 0 unspecified atom stereocenters. The van der Waals surface area contributed by atoms with Gasteiger partial charge in [-0.25, -0.2) is 0 Å². The Kier molecular flexibility index (Phi) is 7.06. The van der Waals surface area contributed by atoms with E-state index < -0.39 is 5.97 Å². The highest BCUT2D eigenvalue weighted by molar-refractivity contribution is 8.26. The second-order valence-electron chi connectivity index (χ2n) is 6.68. The minimum Gasteiger partial charge on any atom is -0.489 e. The van der Waals surface area contributed by atoms with Gasteiger partial charge in [-0.2, -0.15) is 0 Å². The first-order valence-corrected chi connectivity index (χ1v) is 10.4. The molecule has 0 radical (unpaired) electrons. The van der Waals surface area contributed by atoms with Gasteiger partial charge in [-0.05, 0) is 42.7 Å². The molecule has 29 heavy (non-hydrogen) atoms. The third-order valence-electron chi connectivity index (χ3n) is 4.33. The Morgan fingerprint density at radius 3 is 2.72 bits per heavy atom. The molecule has 1 amide bonds. The van der Waals surface area contributed by atoms with Crippen molar-refractivity contribution in [2.75, 3.05) is 6.54 Å². The second kappa shape index (κ2) is 9.71. The lowest BCUT2D eigenvalue weighted by Crippen LogP contribution is -2.29. The molecule has 0 atom stereocenters. The fraction of sp³-hybridized carbons (Fsp3) is 0.227. The molecule has 5 nitrogen and oxygen atoms in total. The summed E-state index contributed by atoms with van der Waals surface area (Å²) < 4.78 is 6.33. The zero-order valence-electron chi connectivity index (χ0n) is 16.0. The fourth-order valence-electron chi connectivity index (χ4n) is 2.78. The molecular formula is C22H21NO4S2. The van der Waals surface area contributed by atoms with Crippen LogP contribution in [0.5, 0.6) is 5.75 Å². The Morgan fingerprint density at radius 2 is 2.00 bits per heavy atom. The number of thioether (sulfide) groups is 1. The van der Waals surface area contributed by atoms with Crippen LogP contribution < -0.4 is 4.74 Å². The number of carbonyl (C=O) groups excluding carboxylic acids is 1. The van der Waals surface area contributed by atoms with Crippen LogP contribution in [0.25, 0.3) is 6.08 Å². The van der Waals surface area contributed by atoms with Gasteiger partial charge < -0.3 is 9.84 Å². The van der Waals surface area contributed by atoms with Crippen LogP contribution in [-0.4, -0.2) is 32.7 Å². The van der Waals surface area contributed by atoms with Crippen LogP contribution in [0.3, 0.4) is 0 Å². The van der Waals surface area contributed by atoms with Crippen LogP contribution in [0, 0.1) is 6.92 Å². The highest BCUT2D eigenvalue weighted by Gasteiger charge is 2.31. The summed E-state index contributed by atoms with van der Waals surface area (Å²) in [5.41, 5.74) is 3.14. The maximum atomic E-state index is 12.6. The monoisotopic (exact) mass is 427 g/mol. The standard InChI is InChI=1S/C22H21NO4S2/c1-15-7-9-16(10-8-15)14-27-18-5-2-4-17(12-18)13-19-21(26)23(22(28)29-19)11-3-6-20(24)25/h2,4-5,7-10,12-13H,3,6,11,14H2,1H3,(H,24,25)/b19-13-. The van der Waals surface area contributed by atoms with Crippen molar-refractivity contribution in [2.24, 2.45) is 0 Å². The SMILES string of the molecule is Cc1ccc(COc2cccc(/C=C3\SC(=S)N(CCCC(=O)O)C3=O)c2)cc1. The zero-order valence-corrected chi connectivity index (χ0v) is 17.6. The highest BCUT2D eigenvalue weighted by Crippen LogP contribution is 2.33. The van der Waals surface area contributed by atoms with Gasteiger partial charge in [0.1, 0.15) is 16.7 Å². The van der Waals surface area contributed by atoms with E-state index in [1.165, 1.54) is 22.2 Å². The maximum Gasteiger partial charge on any atom is 0.303 e. The lowest BCUT2D eigenvalue weighted by Gasteiger charge is -2.13. The van der Waals surface area contributed by atoms with E-state index in [1.807, 2.05) is 55.5 Å². The van der Waals surface area contributed by atoms with E-state index in [0.29, 0.717) is 28.8 Å². The van der Waals surface area contributed by atoms with Gasteiger partial charge in [0.25, 0.3) is 5.91 Å². The van der Waals surface area contributed by atoms with Crippen LogP contribution >= 0.6 is 24.0 Å². The largest absolute Gasteiger partial charge is 0.489 e. The summed E-state index contributed by atoms with van der Waals surface area (Å²) in [6.07, 6.45) is 2.17. The minimum atomic E-state index is -0.881. The molecule has 1 saturated heterocycles. The number of nitrogens with zero attached hydrogens (tertiary/aromatic N) is 1. The molecular weight excluding hydrogens is 406 g/mol. The summed E-state index contributed by atoms with van der Waals surface area (Å²) in [7, 11) is 0. The van der Waals surface area contributed by atoms with Gasteiger partial charge in [-0.1, -0.05) is 65.9 Å². The van der Waals surface area contributed by atoms with E-state index in [0.717, 1.165) is 16.9 Å². The lowest BCUT2D eigenvalue weighted by molar-refractivity contribution is -0.137. The molecule has 7 heteroatoms. The lowest BCUT2D eigenvalue weighted by atomic mass is 10.1. The fourth-order valence-corrected chi connectivity index (χ4v) is 4.09. The van der Waals surface area contributed by atoms with Crippen LogP contribution in [0.1, 0.15) is 29.5 Å². The Balaban J connectivity index is 1.64. The van der Waals surface area contributed by atoms with Crippen molar-refractivity contribution in [1.82, 2.24) is 4.90 Å². The average Bonchev–Trinajstić information content (AvgIpc) is 2.95. The molecule has 1 aliphatic heterocycles. The van der Waals surface area contributed by atoms with Gasteiger partial charge in [0, 0.05) is 13.0 Å². The normalized spacial score (nSPS) is 15.2. The second-order valence-corrected chi connectivity index (χ2v) is 8.35. The number of aliphatic carboxylic acids is 1. The van der Waals surface area contributed by atoms with Crippen LogP contribution in [0.2, 0.25) is 0 Å². The van der Waals surface area contributed by atoms with Gasteiger partial charge in [0.15, 0.2) is 0 Å². The molecule has 0 saturated carbocycles. The number of carbonyl (C=O) groups is 2. The van der Waals surface area contributed by atoms with E-state index in [-0.39, 0.29) is 12.3 Å². The van der Waals surface area contributed by atoms with Gasteiger partial charge in [-0.3, -0.25) is 14.5 Å². The van der Waals surface area contributed by atoms with E-state index in [9.17, 15) is 9.59 Å². The first kappa shape index (κ1) is 21.1. The highest BCUT2D eigenvalue weighted by atomic mass is 32.2. The number of aryl methyl sites for hydroxylation is 1. The molecule has 0 aromatic heterocycles. The Hall–Kier alpha value is -2.64. The molecule has 0 aliphatic carbocycles. The number of hydrogen-bond acceptors (Lipinski definition) is 5. The molecule has 3 rings (SSSR count). The summed E-state index contributed by atoms with van der Waals surface area (Å²) in [5, 5.41) is 8.76. The number of hydrogen-bond donors (Lipinski definition) is 1. The topological polar surface area (TPSA) is 66.8 Å². The number of benzene rings is 2. The summed E-state index contributed by atoms with van der Waals surface area (Å²) in [6, 6.07) is 15.7. The summed E-state index contributed by atoms with van der Waals surface area (Å²) in [6.45, 7) is 2.83. The summed E-state index contributed by atoms with van der Waals surface area (Å²) in [4.78, 5) is 25.3. The van der Waals surface area contributed by atoms with Crippen molar-refractivity contribution >= 4 is 46.3 Å². The van der Waals surface area contributed by atoms with E-state index >= 15 is 0 Å². The number of ether oxygens (including phenoxy) is 1. The molecule has 1 heterocycles. The van der Waals surface area contributed by atoms with Crippen molar-refractivity contribution in [1.29, 1.82) is 0 Å². The van der Waals surface area contributed by atoms with Crippen molar-refractivity contribution < 1.29 is 19.4 Å². The number of rotatable bonds is 8. The van der Waals surface area contributed by atoms with Crippen LogP contribution in [-0.2, 0) is 16.2 Å². The molecule has 1 N–H and O–H groups in total. The third-order valence-corrected chi connectivity index (χ3v) is 5.71. The number of carboxylic acids is 1. The first-order chi connectivity index (χ1) is 13.9. The van der Waals surface area contributed by atoms with Crippen LogP contribution in [0.4, 0.5) is 0 Å². The quantitative estimate of drug-likeness (QED) is 0.489.